The molecule has 0 saturated heterocycles. The number of unbranched alkanes of at least 4 members (excludes halogenated alkanes) is 4. The van der Waals surface area contributed by atoms with E-state index in [1.165, 1.54) is 36.8 Å². The monoisotopic (exact) mass is 348 g/mol. The van der Waals surface area contributed by atoms with Gasteiger partial charge in [-0.15, -0.1) is 0 Å². The summed E-state index contributed by atoms with van der Waals surface area (Å²) in [7, 11) is 0. The van der Waals surface area contributed by atoms with E-state index >= 15 is 0 Å². The molecule has 0 fully saturated rings. The Morgan fingerprint density at radius 2 is 1.85 bits per heavy atom. The summed E-state index contributed by atoms with van der Waals surface area (Å²) in [5.74, 6) is 1.63. The highest BCUT2D eigenvalue weighted by Crippen LogP contribution is 2.13. The summed E-state index contributed by atoms with van der Waals surface area (Å²) in [6, 6.07) is 8.34. The van der Waals surface area contributed by atoms with E-state index in [1.807, 2.05) is 29.1 Å². The highest BCUT2D eigenvalue weighted by molar-refractivity contribution is 5.75. The number of imidazole rings is 1. The fourth-order valence-electron chi connectivity index (χ4n) is 3.19. The minimum atomic E-state index is 0.737. The Labute approximate surface area is 152 Å². The Kier molecular flexibility index (Phi) is 5.09. The highest BCUT2D eigenvalue weighted by Gasteiger charge is 2.00. The summed E-state index contributed by atoms with van der Waals surface area (Å²) >= 11 is 0. The van der Waals surface area contributed by atoms with Gasteiger partial charge in [-0.2, -0.15) is 4.98 Å². The van der Waals surface area contributed by atoms with Crippen molar-refractivity contribution < 1.29 is 0 Å². The van der Waals surface area contributed by atoms with Crippen LogP contribution in [0.5, 0.6) is 0 Å². The lowest BCUT2D eigenvalue weighted by Gasteiger charge is -2.06. The zero-order valence-electron chi connectivity index (χ0n) is 14.9. The van der Waals surface area contributed by atoms with Crippen molar-refractivity contribution in [2.45, 2.75) is 38.5 Å². The Hall–Kier alpha value is -2.89. The number of pyridine rings is 1. The van der Waals surface area contributed by atoms with Crippen LogP contribution in [0.15, 0.2) is 49.1 Å². The fourth-order valence-corrected chi connectivity index (χ4v) is 3.19. The molecule has 0 aromatic carbocycles. The van der Waals surface area contributed by atoms with Crippen LogP contribution in [0, 0.1) is 0 Å². The van der Waals surface area contributed by atoms with Gasteiger partial charge in [-0.1, -0.05) is 19.3 Å². The van der Waals surface area contributed by atoms with Crippen LogP contribution in [0.1, 0.15) is 37.8 Å². The topological polar surface area (TPSA) is 70.9 Å². The summed E-state index contributed by atoms with van der Waals surface area (Å²) < 4.78 is 1.91. The van der Waals surface area contributed by atoms with Gasteiger partial charge in [0.05, 0.1) is 0 Å². The molecule has 4 aromatic rings. The number of aryl methyl sites for hydroxylation is 1. The van der Waals surface area contributed by atoms with Crippen LogP contribution in [0.4, 0.5) is 5.82 Å². The number of nitrogens with zero attached hydrogens (tertiary/aromatic N) is 4. The van der Waals surface area contributed by atoms with E-state index in [0.29, 0.717) is 0 Å². The first-order valence-corrected chi connectivity index (χ1v) is 9.35. The molecular formula is C20H24N6. The Morgan fingerprint density at radius 1 is 0.923 bits per heavy atom. The Morgan fingerprint density at radius 3 is 2.85 bits per heavy atom. The molecule has 0 aliphatic heterocycles. The van der Waals surface area contributed by atoms with E-state index in [9.17, 15) is 0 Å². The van der Waals surface area contributed by atoms with Gasteiger partial charge in [-0.05, 0) is 43.5 Å². The van der Waals surface area contributed by atoms with Crippen LogP contribution in [0.2, 0.25) is 0 Å². The number of nitrogens with one attached hydrogen (secondary N) is 2. The summed E-state index contributed by atoms with van der Waals surface area (Å²) in [5.41, 5.74) is 2.18. The lowest BCUT2D eigenvalue weighted by atomic mass is 10.1. The van der Waals surface area contributed by atoms with Crippen molar-refractivity contribution in [3.8, 4) is 0 Å². The predicted molar refractivity (Wildman–Crippen MR) is 104 cm³/mol. The third-order valence-corrected chi connectivity index (χ3v) is 4.64. The predicted octanol–water partition coefficient (Wildman–Crippen LogP) is 4.21. The second kappa shape index (κ2) is 7.99. The van der Waals surface area contributed by atoms with E-state index in [4.69, 9.17) is 0 Å². The molecule has 26 heavy (non-hydrogen) atoms. The standard InChI is InChI=1S/C20H24N6/c1(2-4-6-17-8-7-16-9-12-22-19(16)24-17)3-5-11-21-18-10-14-26-15-13-23-20(26)25-18/h7-10,12-15H,1-6,11H2,(H,22,24)(H,21,23,25). The van der Waals surface area contributed by atoms with Crippen molar-refractivity contribution >= 4 is 22.6 Å². The third-order valence-electron chi connectivity index (χ3n) is 4.64. The SMILES string of the molecule is c1cn2ccc(NCCCCCCCc3ccc4cc[nH]c4n3)nc2n1. The van der Waals surface area contributed by atoms with Gasteiger partial charge in [-0.25, -0.2) is 9.97 Å². The van der Waals surface area contributed by atoms with Gasteiger partial charge in [0.2, 0.25) is 5.78 Å². The normalized spacial score (nSPS) is 11.4. The molecule has 134 valence electrons. The van der Waals surface area contributed by atoms with E-state index in [2.05, 4.69) is 43.5 Å². The van der Waals surface area contributed by atoms with Crippen molar-refractivity contribution in [3.63, 3.8) is 0 Å². The van der Waals surface area contributed by atoms with Gasteiger partial charge >= 0.3 is 0 Å². The molecule has 0 amide bonds. The molecule has 6 heteroatoms. The van der Waals surface area contributed by atoms with Crippen LogP contribution in [-0.2, 0) is 6.42 Å². The molecule has 0 aliphatic carbocycles. The summed E-state index contributed by atoms with van der Waals surface area (Å²) in [4.78, 5) is 16.5. The number of H-pyrrole nitrogens is 1. The molecule has 4 aromatic heterocycles. The Bertz CT molecular complexity index is 890. The molecule has 0 aliphatic rings. The van der Waals surface area contributed by atoms with Crippen molar-refractivity contribution in [2.75, 3.05) is 11.9 Å². The average Bonchev–Trinajstić information content (AvgIpc) is 3.31. The number of rotatable bonds is 9. The van der Waals surface area contributed by atoms with Crippen molar-refractivity contribution in [1.82, 2.24) is 24.3 Å². The molecule has 4 heterocycles. The first-order chi connectivity index (χ1) is 12.9. The third kappa shape index (κ3) is 4.02. The number of aromatic nitrogens is 5. The molecule has 0 unspecified atom stereocenters. The van der Waals surface area contributed by atoms with Crippen LogP contribution < -0.4 is 5.32 Å². The molecule has 0 bridgehead atoms. The Balaban J connectivity index is 1.10. The van der Waals surface area contributed by atoms with E-state index in [1.54, 1.807) is 6.20 Å². The number of anilines is 1. The van der Waals surface area contributed by atoms with Crippen molar-refractivity contribution in [3.05, 3.63) is 54.7 Å². The zero-order chi connectivity index (χ0) is 17.6. The lowest BCUT2D eigenvalue weighted by Crippen LogP contribution is -2.04. The van der Waals surface area contributed by atoms with Crippen molar-refractivity contribution in [1.29, 1.82) is 0 Å². The molecule has 0 saturated carbocycles. The molecular weight excluding hydrogens is 324 g/mol. The molecule has 0 radical (unpaired) electrons. The molecule has 4 rings (SSSR count). The largest absolute Gasteiger partial charge is 0.370 e. The van der Waals surface area contributed by atoms with Crippen LogP contribution in [0.3, 0.4) is 0 Å². The van der Waals surface area contributed by atoms with Gasteiger partial charge in [0.15, 0.2) is 0 Å². The average molecular weight is 348 g/mol. The number of hydrogen-bond acceptors (Lipinski definition) is 4. The zero-order valence-corrected chi connectivity index (χ0v) is 14.9. The van der Waals surface area contributed by atoms with Gasteiger partial charge in [0.1, 0.15) is 11.5 Å². The maximum absolute atomic E-state index is 4.65. The van der Waals surface area contributed by atoms with Crippen LogP contribution in [0.25, 0.3) is 16.8 Å². The first-order valence-electron chi connectivity index (χ1n) is 9.35. The summed E-state index contributed by atoms with van der Waals surface area (Å²) in [6.45, 7) is 0.953. The van der Waals surface area contributed by atoms with E-state index < -0.39 is 0 Å². The van der Waals surface area contributed by atoms with Crippen LogP contribution >= 0.6 is 0 Å². The fraction of sp³-hybridized carbons (Fsp3) is 0.350. The van der Waals surface area contributed by atoms with E-state index in [-0.39, 0.29) is 0 Å². The van der Waals surface area contributed by atoms with Gasteiger partial charge < -0.3 is 10.3 Å². The highest BCUT2D eigenvalue weighted by atomic mass is 15.1. The quantitative estimate of drug-likeness (QED) is 0.445. The molecule has 0 atom stereocenters. The van der Waals surface area contributed by atoms with Gasteiger partial charge in [0.25, 0.3) is 0 Å². The number of fused-ring (bicyclic) bond motifs is 2. The second-order valence-electron chi connectivity index (χ2n) is 6.61. The molecule has 2 N–H and O–H groups in total. The van der Waals surface area contributed by atoms with Crippen molar-refractivity contribution in [2.24, 2.45) is 0 Å². The summed E-state index contributed by atoms with van der Waals surface area (Å²) in [6.07, 6.45) is 14.8. The number of aromatic amines is 1. The van der Waals surface area contributed by atoms with Gasteiger partial charge in [-0.3, -0.25) is 4.40 Å². The number of hydrogen-bond donors (Lipinski definition) is 2. The summed E-state index contributed by atoms with van der Waals surface area (Å²) in [5, 5.41) is 4.56. The minimum absolute atomic E-state index is 0.737. The molecule has 0 spiro atoms. The van der Waals surface area contributed by atoms with E-state index in [0.717, 1.165) is 36.6 Å². The first kappa shape index (κ1) is 16.6. The molecule has 6 nitrogen and oxygen atoms in total. The second-order valence-corrected chi connectivity index (χ2v) is 6.61. The minimum Gasteiger partial charge on any atom is -0.370 e. The maximum Gasteiger partial charge on any atom is 0.235 e. The smallest absolute Gasteiger partial charge is 0.235 e. The maximum atomic E-state index is 4.65. The van der Waals surface area contributed by atoms with Crippen LogP contribution in [-0.4, -0.2) is 30.9 Å². The lowest BCUT2D eigenvalue weighted by molar-refractivity contribution is 0.620. The van der Waals surface area contributed by atoms with Gasteiger partial charge in [0, 0.05) is 42.4 Å².